The average molecular weight is 252 g/mol. The number of nitrogens with one attached hydrogen (secondary N) is 2. The van der Waals surface area contributed by atoms with Crippen LogP contribution in [0.15, 0.2) is 29.8 Å². The second-order valence-electron chi connectivity index (χ2n) is 4.13. The summed E-state index contributed by atoms with van der Waals surface area (Å²) in [6.07, 6.45) is 2.91. The van der Waals surface area contributed by atoms with Gasteiger partial charge < -0.3 is 10.6 Å². The fourth-order valence-corrected chi connectivity index (χ4v) is 1.76. The van der Waals surface area contributed by atoms with E-state index in [1.807, 2.05) is 6.08 Å². The average Bonchev–Trinajstić information content (AvgIpc) is 2.40. The van der Waals surface area contributed by atoms with Crippen LogP contribution < -0.4 is 10.6 Å². The smallest absolute Gasteiger partial charge is 0.251 e. The molecule has 1 aliphatic rings. The van der Waals surface area contributed by atoms with Crippen molar-refractivity contribution < 1.29 is 13.6 Å². The van der Waals surface area contributed by atoms with Crippen molar-refractivity contribution in [2.45, 2.75) is 6.42 Å². The van der Waals surface area contributed by atoms with Crippen LogP contribution in [0.2, 0.25) is 0 Å². The molecule has 1 aromatic rings. The Labute approximate surface area is 104 Å². The van der Waals surface area contributed by atoms with E-state index in [9.17, 15) is 13.6 Å². The van der Waals surface area contributed by atoms with E-state index in [-0.39, 0.29) is 5.56 Å². The van der Waals surface area contributed by atoms with Crippen molar-refractivity contribution in [3.63, 3.8) is 0 Å². The zero-order chi connectivity index (χ0) is 13.0. The van der Waals surface area contributed by atoms with Gasteiger partial charge in [-0.15, -0.1) is 0 Å². The van der Waals surface area contributed by atoms with Crippen LogP contribution in [-0.4, -0.2) is 25.5 Å². The van der Waals surface area contributed by atoms with Crippen LogP contribution in [-0.2, 0) is 0 Å². The summed E-state index contributed by atoms with van der Waals surface area (Å²) in [5.41, 5.74) is 1.27. The zero-order valence-electron chi connectivity index (χ0n) is 9.80. The molecule has 0 fully saturated rings. The van der Waals surface area contributed by atoms with Crippen LogP contribution in [0.3, 0.4) is 0 Å². The van der Waals surface area contributed by atoms with Gasteiger partial charge in [-0.05, 0) is 31.2 Å². The molecule has 0 bridgehead atoms. The highest BCUT2D eigenvalue weighted by molar-refractivity contribution is 5.94. The Balaban J connectivity index is 1.95. The van der Waals surface area contributed by atoms with Gasteiger partial charge in [0.15, 0.2) is 11.6 Å². The molecule has 0 aromatic heterocycles. The van der Waals surface area contributed by atoms with Crippen LogP contribution in [0.1, 0.15) is 16.8 Å². The standard InChI is InChI=1S/C13H14F2N2O/c14-11-2-1-10(7-12(11)15)13(18)17-8-9-3-5-16-6-4-9/h1-3,7,16H,4-6,8H2,(H,17,18). The topological polar surface area (TPSA) is 41.1 Å². The van der Waals surface area contributed by atoms with Gasteiger partial charge in [0.1, 0.15) is 0 Å². The Morgan fingerprint density at radius 1 is 1.33 bits per heavy atom. The minimum absolute atomic E-state index is 0.128. The van der Waals surface area contributed by atoms with Gasteiger partial charge in [0.25, 0.3) is 5.91 Å². The summed E-state index contributed by atoms with van der Waals surface area (Å²) in [6.45, 7) is 2.14. The predicted molar refractivity (Wildman–Crippen MR) is 64.3 cm³/mol. The molecule has 2 N–H and O–H groups in total. The highest BCUT2D eigenvalue weighted by Gasteiger charge is 2.10. The lowest BCUT2D eigenvalue weighted by Crippen LogP contribution is -2.29. The van der Waals surface area contributed by atoms with Crippen molar-refractivity contribution in [3.05, 3.63) is 47.0 Å². The molecule has 0 saturated heterocycles. The lowest BCUT2D eigenvalue weighted by atomic mass is 10.1. The minimum Gasteiger partial charge on any atom is -0.348 e. The third kappa shape index (κ3) is 3.13. The van der Waals surface area contributed by atoms with Crippen LogP contribution >= 0.6 is 0 Å². The summed E-state index contributed by atoms with van der Waals surface area (Å²) < 4.78 is 25.7. The van der Waals surface area contributed by atoms with E-state index in [4.69, 9.17) is 0 Å². The number of carbonyl (C=O) groups excluding carboxylic acids is 1. The van der Waals surface area contributed by atoms with Gasteiger partial charge in [-0.3, -0.25) is 4.79 Å². The fraction of sp³-hybridized carbons (Fsp3) is 0.308. The molecule has 0 radical (unpaired) electrons. The number of rotatable bonds is 3. The summed E-state index contributed by atoms with van der Waals surface area (Å²) in [5.74, 6) is -2.36. The van der Waals surface area contributed by atoms with Crippen molar-refractivity contribution >= 4 is 5.91 Å². The first kappa shape index (κ1) is 12.7. The molecular formula is C13H14F2N2O. The van der Waals surface area contributed by atoms with Gasteiger partial charge in [0.2, 0.25) is 0 Å². The molecule has 0 atom stereocenters. The first-order valence-corrected chi connectivity index (χ1v) is 5.78. The number of hydrogen-bond donors (Lipinski definition) is 2. The molecule has 0 saturated carbocycles. The van der Waals surface area contributed by atoms with E-state index >= 15 is 0 Å². The van der Waals surface area contributed by atoms with Gasteiger partial charge in [-0.25, -0.2) is 8.78 Å². The van der Waals surface area contributed by atoms with Crippen molar-refractivity contribution in [2.75, 3.05) is 19.6 Å². The molecule has 0 aliphatic carbocycles. The van der Waals surface area contributed by atoms with Gasteiger partial charge >= 0.3 is 0 Å². The molecule has 0 unspecified atom stereocenters. The second kappa shape index (κ2) is 5.73. The number of carbonyl (C=O) groups is 1. The summed E-state index contributed by atoms with van der Waals surface area (Å²) in [6, 6.07) is 3.13. The highest BCUT2D eigenvalue weighted by atomic mass is 19.2. The fourth-order valence-electron chi connectivity index (χ4n) is 1.76. The molecule has 96 valence electrons. The van der Waals surface area contributed by atoms with Crippen LogP contribution in [0.5, 0.6) is 0 Å². The third-order valence-electron chi connectivity index (χ3n) is 2.82. The number of hydrogen-bond acceptors (Lipinski definition) is 2. The van der Waals surface area contributed by atoms with E-state index in [0.717, 1.165) is 37.2 Å². The maximum atomic E-state index is 13.0. The predicted octanol–water partition coefficient (Wildman–Crippen LogP) is 1.61. The first-order valence-electron chi connectivity index (χ1n) is 5.78. The molecule has 1 aromatic carbocycles. The molecule has 2 rings (SSSR count). The van der Waals surface area contributed by atoms with Gasteiger partial charge in [0, 0.05) is 18.7 Å². The summed E-state index contributed by atoms with van der Waals surface area (Å²) >= 11 is 0. The summed E-state index contributed by atoms with van der Waals surface area (Å²) in [7, 11) is 0. The van der Waals surface area contributed by atoms with E-state index < -0.39 is 17.5 Å². The van der Waals surface area contributed by atoms with Crippen LogP contribution in [0, 0.1) is 11.6 Å². The lowest BCUT2D eigenvalue weighted by Gasteiger charge is -2.14. The minimum atomic E-state index is -1.01. The molecule has 1 heterocycles. The Hall–Kier alpha value is -1.75. The largest absolute Gasteiger partial charge is 0.348 e. The van der Waals surface area contributed by atoms with E-state index in [2.05, 4.69) is 10.6 Å². The van der Waals surface area contributed by atoms with E-state index in [0.29, 0.717) is 6.54 Å². The second-order valence-corrected chi connectivity index (χ2v) is 4.13. The number of amides is 1. The Bertz CT molecular complexity index is 486. The van der Waals surface area contributed by atoms with Crippen LogP contribution in [0.25, 0.3) is 0 Å². The number of halogens is 2. The molecule has 3 nitrogen and oxygen atoms in total. The van der Waals surface area contributed by atoms with E-state index in [1.165, 1.54) is 6.07 Å². The van der Waals surface area contributed by atoms with Gasteiger partial charge in [-0.2, -0.15) is 0 Å². The normalized spacial score (nSPS) is 15.1. The van der Waals surface area contributed by atoms with Crippen molar-refractivity contribution in [2.24, 2.45) is 0 Å². The van der Waals surface area contributed by atoms with Crippen molar-refractivity contribution in [1.29, 1.82) is 0 Å². The molecule has 18 heavy (non-hydrogen) atoms. The quantitative estimate of drug-likeness (QED) is 0.802. The van der Waals surface area contributed by atoms with Crippen molar-refractivity contribution in [1.82, 2.24) is 10.6 Å². The first-order chi connectivity index (χ1) is 8.66. The third-order valence-corrected chi connectivity index (χ3v) is 2.82. The molecular weight excluding hydrogens is 238 g/mol. The summed E-state index contributed by atoms with van der Waals surface area (Å²) in [4.78, 5) is 11.7. The Kier molecular flexibility index (Phi) is 4.04. The molecule has 1 aliphatic heterocycles. The monoisotopic (exact) mass is 252 g/mol. The molecule has 1 amide bonds. The Morgan fingerprint density at radius 3 is 2.83 bits per heavy atom. The maximum absolute atomic E-state index is 13.0. The molecule has 0 spiro atoms. The lowest BCUT2D eigenvalue weighted by molar-refractivity contribution is 0.0956. The van der Waals surface area contributed by atoms with E-state index in [1.54, 1.807) is 0 Å². The molecule has 5 heteroatoms. The van der Waals surface area contributed by atoms with Gasteiger partial charge in [0.05, 0.1) is 0 Å². The zero-order valence-corrected chi connectivity index (χ0v) is 9.80. The number of benzene rings is 1. The van der Waals surface area contributed by atoms with Gasteiger partial charge in [-0.1, -0.05) is 11.6 Å². The maximum Gasteiger partial charge on any atom is 0.251 e. The van der Waals surface area contributed by atoms with Crippen molar-refractivity contribution in [3.8, 4) is 0 Å². The Morgan fingerprint density at radius 2 is 2.17 bits per heavy atom. The highest BCUT2D eigenvalue weighted by Crippen LogP contribution is 2.09. The summed E-state index contributed by atoms with van der Waals surface area (Å²) in [5, 5.41) is 5.86. The van der Waals surface area contributed by atoms with Crippen LogP contribution in [0.4, 0.5) is 8.78 Å². The SMILES string of the molecule is O=C(NCC1=CCNCC1)c1ccc(F)c(F)c1.